The van der Waals surface area contributed by atoms with Gasteiger partial charge in [0.2, 0.25) is 5.76 Å². The molecule has 3 aromatic carbocycles. The summed E-state index contributed by atoms with van der Waals surface area (Å²) in [5, 5.41) is 35.7. The third-order valence-corrected chi connectivity index (χ3v) is 5.82. The molecule has 0 saturated heterocycles. The molecule has 3 N–H and O–H groups in total. The fourth-order valence-electron chi connectivity index (χ4n) is 4.36. The summed E-state index contributed by atoms with van der Waals surface area (Å²) in [7, 11) is 0. The minimum Gasteiger partial charge on any atom is -0.475 e. The summed E-state index contributed by atoms with van der Waals surface area (Å²) in [5.41, 5.74) is -0.0131. The minimum atomic E-state index is -1.66. The fourth-order valence-corrected chi connectivity index (χ4v) is 4.36. The molecule has 0 spiro atoms. The second-order valence-corrected chi connectivity index (χ2v) is 7.31. The number of aryl methyl sites for hydroxylation is 1. The summed E-state index contributed by atoms with van der Waals surface area (Å²) >= 11 is 0. The van der Waals surface area contributed by atoms with Crippen molar-refractivity contribution in [1.29, 1.82) is 0 Å². The molecule has 0 fully saturated rings. The first-order valence-electron chi connectivity index (χ1n) is 9.16. The lowest BCUT2D eigenvalue weighted by Crippen LogP contribution is -2.37. The van der Waals surface area contributed by atoms with Crippen LogP contribution in [0.5, 0.6) is 0 Å². The Bertz CT molecular complexity index is 1240. The lowest BCUT2D eigenvalue weighted by Gasteiger charge is -2.37. The molecule has 5 rings (SSSR count). The van der Waals surface area contributed by atoms with Crippen LogP contribution in [0.25, 0.3) is 21.5 Å². The number of aromatic carboxylic acids is 1. The average Bonchev–Trinajstić information content (AvgIpc) is 3.21. The van der Waals surface area contributed by atoms with Crippen LogP contribution in [0.4, 0.5) is 0 Å². The molecular weight excluding hydrogens is 356 g/mol. The molecule has 2 atom stereocenters. The van der Waals surface area contributed by atoms with Gasteiger partial charge >= 0.3 is 5.97 Å². The van der Waals surface area contributed by atoms with Gasteiger partial charge in [0.1, 0.15) is 11.9 Å². The number of benzene rings is 3. The summed E-state index contributed by atoms with van der Waals surface area (Å²) in [4.78, 5) is 11.1. The van der Waals surface area contributed by atoms with E-state index in [1.165, 1.54) is 12.1 Å². The Morgan fingerprint density at radius 3 is 2.54 bits per heavy atom. The zero-order valence-electron chi connectivity index (χ0n) is 14.9. The van der Waals surface area contributed by atoms with Crippen molar-refractivity contribution in [2.24, 2.45) is 0 Å². The van der Waals surface area contributed by atoms with E-state index in [2.05, 4.69) is 24.3 Å². The highest BCUT2D eigenvalue weighted by atomic mass is 16.4. The highest BCUT2D eigenvalue weighted by molar-refractivity contribution is 6.08. The molecule has 0 aliphatic heterocycles. The highest BCUT2D eigenvalue weighted by Gasteiger charge is 2.45. The summed E-state index contributed by atoms with van der Waals surface area (Å²) in [6.07, 6.45) is -0.429. The molecular formula is C23H18O5. The number of furan rings is 1. The first kappa shape index (κ1) is 17.0. The molecule has 1 aliphatic rings. The number of hydrogen-bond donors (Lipinski definition) is 3. The van der Waals surface area contributed by atoms with Crippen molar-refractivity contribution in [2.45, 2.75) is 24.5 Å². The van der Waals surface area contributed by atoms with Crippen LogP contribution in [0.3, 0.4) is 0 Å². The minimum absolute atomic E-state index is 0.0710. The smallest absolute Gasteiger partial charge is 0.371 e. The molecule has 140 valence electrons. The van der Waals surface area contributed by atoms with Gasteiger partial charge in [-0.05, 0) is 57.6 Å². The Balaban J connectivity index is 1.65. The van der Waals surface area contributed by atoms with E-state index in [0.29, 0.717) is 12.0 Å². The van der Waals surface area contributed by atoms with Gasteiger partial charge in [-0.1, -0.05) is 48.5 Å². The van der Waals surface area contributed by atoms with E-state index >= 15 is 0 Å². The number of aliphatic hydroxyl groups is 2. The second kappa shape index (κ2) is 5.92. The van der Waals surface area contributed by atoms with E-state index in [4.69, 9.17) is 9.52 Å². The van der Waals surface area contributed by atoms with Crippen LogP contribution < -0.4 is 0 Å². The van der Waals surface area contributed by atoms with Crippen molar-refractivity contribution in [3.63, 3.8) is 0 Å². The maximum Gasteiger partial charge on any atom is 0.371 e. The van der Waals surface area contributed by atoms with E-state index in [1.807, 2.05) is 24.3 Å². The Morgan fingerprint density at radius 1 is 0.964 bits per heavy atom. The summed E-state index contributed by atoms with van der Waals surface area (Å²) < 4.78 is 5.31. The molecule has 0 radical (unpaired) electrons. The molecule has 2 unspecified atom stereocenters. The molecule has 1 aliphatic carbocycles. The maximum atomic E-state index is 11.2. The van der Waals surface area contributed by atoms with Gasteiger partial charge in [0.15, 0.2) is 5.60 Å². The fraction of sp³-hybridized carbons (Fsp3) is 0.174. The van der Waals surface area contributed by atoms with Crippen molar-refractivity contribution >= 4 is 27.5 Å². The van der Waals surface area contributed by atoms with Gasteiger partial charge < -0.3 is 19.7 Å². The summed E-state index contributed by atoms with van der Waals surface area (Å²) in [5.74, 6) is -1.40. The number of carbonyl (C=O) groups is 1. The van der Waals surface area contributed by atoms with E-state index in [0.717, 1.165) is 27.1 Å². The van der Waals surface area contributed by atoms with Gasteiger partial charge in [0.05, 0.1) is 0 Å². The SMILES string of the molecule is O=C(O)c1ccc(C2(O)CCc3c(ccc4c3ccc3ccccc34)C2O)o1. The van der Waals surface area contributed by atoms with Crippen molar-refractivity contribution in [1.82, 2.24) is 0 Å². The number of carboxylic acid groups (broad SMARTS) is 1. The zero-order chi connectivity index (χ0) is 19.5. The molecule has 0 saturated carbocycles. The van der Waals surface area contributed by atoms with E-state index in [1.54, 1.807) is 0 Å². The zero-order valence-corrected chi connectivity index (χ0v) is 14.9. The van der Waals surface area contributed by atoms with E-state index in [-0.39, 0.29) is 17.9 Å². The Labute approximate surface area is 160 Å². The van der Waals surface area contributed by atoms with Crippen LogP contribution in [-0.4, -0.2) is 21.3 Å². The van der Waals surface area contributed by atoms with Gasteiger partial charge in [-0.2, -0.15) is 0 Å². The first-order chi connectivity index (χ1) is 13.5. The van der Waals surface area contributed by atoms with Crippen LogP contribution in [0.15, 0.2) is 65.1 Å². The topological polar surface area (TPSA) is 90.9 Å². The van der Waals surface area contributed by atoms with Crippen molar-refractivity contribution in [3.05, 3.63) is 83.3 Å². The van der Waals surface area contributed by atoms with Crippen LogP contribution in [0.1, 0.15) is 40.0 Å². The molecule has 1 aromatic heterocycles. The lowest BCUT2D eigenvalue weighted by atomic mass is 9.75. The van der Waals surface area contributed by atoms with Gasteiger partial charge in [0, 0.05) is 0 Å². The molecule has 0 bridgehead atoms. The van der Waals surface area contributed by atoms with Gasteiger partial charge in [0.25, 0.3) is 0 Å². The van der Waals surface area contributed by atoms with E-state index in [9.17, 15) is 15.0 Å². The quantitative estimate of drug-likeness (QED) is 0.459. The number of carboxylic acids is 1. The summed E-state index contributed by atoms with van der Waals surface area (Å²) in [6, 6.07) is 18.8. The molecule has 4 aromatic rings. The van der Waals surface area contributed by atoms with Crippen LogP contribution in [0.2, 0.25) is 0 Å². The van der Waals surface area contributed by atoms with Crippen molar-refractivity contribution in [3.8, 4) is 0 Å². The third-order valence-electron chi connectivity index (χ3n) is 5.82. The van der Waals surface area contributed by atoms with Crippen LogP contribution >= 0.6 is 0 Å². The Hall–Kier alpha value is -3.15. The molecule has 28 heavy (non-hydrogen) atoms. The Kier molecular flexibility index (Phi) is 3.59. The predicted molar refractivity (Wildman–Crippen MR) is 104 cm³/mol. The normalized spacial score (nSPS) is 21.7. The average molecular weight is 374 g/mol. The molecule has 1 heterocycles. The third kappa shape index (κ3) is 2.30. The van der Waals surface area contributed by atoms with Crippen LogP contribution in [-0.2, 0) is 12.0 Å². The highest BCUT2D eigenvalue weighted by Crippen LogP contribution is 2.47. The van der Waals surface area contributed by atoms with E-state index < -0.39 is 17.7 Å². The standard InChI is InChI=1S/C23H18O5/c24-21-18-8-7-15-14-4-2-1-3-13(14)5-6-16(15)17(18)11-12-23(21,27)20-10-9-19(28-20)22(25)26/h1-10,21,24,27H,11-12H2,(H,25,26). The first-order valence-corrected chi connectivity index (χ1v) is 9.16. The van der Waals surface area contributed by atoms with Crippen LogP contribution in [0, 0.1) is 0 Å². The van der Waals surface area contributed by atoms with Gasteiger partial charge in [-0.3, -0.25) is 0 Å². The summed E-state index contributed by atoms with van der Waals surface area (Å²) in [6.45, 7) is 0. The van der Waals surface area contributed by atoms with Crippen molar-refractivity contribution < 1.29 is 24.5 Å². The maximum absolute atomic E-state index is 11.2. The number of fused-ring (bicyclic) bond motifs is 5. The predicted octanol–water partition coefficient (Wildman–Crippen LogP) is 4.15. The largest absolute Gasteiger partial charge is 0.475 e. The number of aliphatic hydroxyl groups excluding tert-OH is 1. The monoisotopic (exact) mass is 374 g/mol. The molecule has 5 nitrogen and oxygen atoms in total. The molecule has 5 heteroatoms. The van der Waals surface area contributed by atoms with Gasteiger partial charge in [-0.15, -0.1) is 0 Å². The van der Waals surface area contributed by atoms with Crippen molar-refractivity contribution in [2.75, 3.05) is 0 Å². The second-order valence-electron chi connectivity index (χ2n) is 7.31. The number of hydrogen-bond acceptors (Lipinski definition) is 4. The Morgan fingerprint density at radius 2 is 1.75 bits per heavy atom. The molecule has 0 amide bonds. The lowest BCUT2D eigenvalue weighted by molar-refractivity contribution is -0.108. The van der Waals surface area contributed by atoms with Gasteiger partial charge in [-0.25, -0.2) is 4.79 Å². The number of rotatable bonds is 2.